The molecule has 0 radical (unpaired) electrons. The molecule has 2 aromatic rings. The maximum atomic E-state index is 11.2. The zero-order chi connectivity index (χ0) is 13.5. The van der Waals surface area contributed by atoms with Gasteiger partial charge < -0.3 is 10.8 Å². The fourth-order valence-electron chi connectivity index (χ4n) is 3.19. The molecule has 3 heteroatoms. The fourth-order valence-corrected chi connectivity index (χ4v) is 3.19. The first-order chi connectivity index (χ1) is 9.13. The summed E-state index contributed by atoms with van der Waals surface area (Å²) in [6, 6.07) is 9.98. The van der Waals surface area contributed by atoms with E-state index in [1.54, 1.807) is 6.20 Å². The molecule has 0 aliphatic heterocycles. The van der Waals surface area contributed by atoms with Gasteiger partial charge in [-0.05, 0) is 48.9 Å². The minimum atomic E-state index is -1.00. The summed E-state index contributed by atoms with van der Waals surface area (Å²) < 4.78 is 0. The Bertz CT molecular complexity index is 604. The molecule has 1 aromatic heterocycles. The van der Waals surface area contributed by atoms with Gasteiger partial charge in [0.05, 0.1) is 0 Å². The molecule has 1 aliphatic rings. The van der Waals surface area contributed by atoms with Gasteiger partial charge in [-0.3, -0.25) is 0 Å². The zero-order valence-electron chi connectivity index (χ0n) is 11.1. The summed E-state index contributed by atoms with van der Waals surface area (Å²) in [6.07, 6.45) is 4.35. The molecule has 98 valence electrons. The summed E-state index contributed by atoms with van der Waals surface area (Å²) in [4.78, 5) is 4.15. The summed E-state index contributed by atoms with van der Waals surface area (Å²) in [5.41, 5.74) is 8.96. The van der Waals surface area contributed by atoms with E-state index < -0.39 is 5.60 Å². The molecule has 0 saturated carbocycles. The third-order valence-corrected chi connectivity index (χ3v) is 4.05. The number of fused-ring (bicyclic) bond motifs is 1. The van der Waals surface area contributed by atoms with Gasteiger partial charge >= 0.3 is 0 Å². The summed E-state index contributed by atoms with van der Waals surface area (Å²) in [5.74, 6) is 0.430. The molecule has 1 unspecified atom stereocenters. The van der Waals surface area contributed by atoms with Gasteiger partial charge in [-0.2, -0.15) is 0 Å². The highest BCUT2D eigenvalue weighted by Gasteiger charge is 2.38. The monoisotopic (exact) mass is 254 g/mol. The number of pyridine rings is 1. The zero-order valence-corrected chi connectivity index (χ0v) is 11.1. The van der Waals surface area contributed by atoms with Crippen molar-refractivity contribution in [3.05, 3.63) is 58.8 Å². The van der Waals surface area contributed by atoms with Crippen LogP contribution in [0.25, 0.3) is 0 Å². The van der Waals surface area contributed by atoms with Gasteiger partial charge in [0, 0.05) is 11.8 Å². The second-order valence-electron chi connectivity index (χ2n) is 5.26. The third-order valence-electron chi connectivity index (χ3n) is 4.05. The standard InChI is InChI=1S/C16H18N2O/c1-11-8-10-18-15(17)14(11)16(19)9-4-6-12-5-2-3-7-13(12)16/h2-3,5,7-8,10,19H,4,6,9H2,1H3,(H2,17,18). The van der Waals surface area contributed by atoms with Crippen LogP contribution in [0.5, 0.6) is 0 Å². The first-order valence-electron chi connectivity index (χ1n) is 6.65. The second kappa shape index (κ2) is 4.35. The Kier molecular flexibility index (Phi) is 2.79. The van der Waals surface area contributed by atoms with Gasteiger partial charge in [0.25, 0.3) is 0 Å². The van der Waals surface area contributed by atoms with Crippen LogP contribution in [0.15, 0.2) is 36.5 Å². The van der Waals surface area contributed by atoms with Gasteiger partial charge in [0.2, 0.25) is 0 Å². The quantitative estimate of drug-likeness (QED) is 0.822. The lowest BCUT2D eigenvalue weighted by Crippen LogP contribution is -2.33. The highest BCUT2D eigenvalue weighted by Crippen LogP contribution is 2.43. The Balaban J connectivity index is 2.25. The van der Waals surface area contributed by atoms with E-state index in [1.807, 2.05) is 31.2 Å². The Morgan fingerprint density at radius 1 is 1.26 bits per heavy atom. The van der Waals surface area contributed by atoms with Gasteiger partial charge in [-0.25, -0.2) is 4.98 Å². The number of hydrogen-bond donors (Lipinski definition) is 2. The predicted molar refractivity (Wildman–Crippen MR) is 75.8 cm³/mol. The lowest BCUT2D eigenvalue weighted by Gasteiger charge is -2.36. The molecule has 0 saturated heterocycles. The van der Waals surface area contributed by atoms with Crippen molar-refractivity contribution in [1.29, 1.82) is 0 Å². The number of nitrogen functional groups attached to an aromatic ring is 1. The highest BCUT2D eigenvalue weighted by molar-refractivity contribution is 5.54. The molecule has 1 aliphatic carbocycles. The van der Waals surface area contributed by atoms with Crippen LogP contribution in [0.3, 0.4) is 0 Å². The lowest BCUT2D eigenvalue weighted by molar-refractivity contribution is 0.0614. The number of aliphatic hydroxyl groups is 1. The summed E-state index contributed by atoms with van der Waals surface area (Å²) in [7, 11) is 0. The average molecular weight is 254 g/mol. The number of benzene rings is 1. The van der Waals surface area contributed by atoms with Gasteiger partial charge in [-0.1, -0.05) is 24.3 Å². The molecular weight excluding hydrogens is 236 g/mol. The topological polar surface area (TPSA) is 59.1 Å². The minimum Gasteiger partial charge on any atom is -0.383 e. The summed E-state index contributed by atoms with van der Waals surface area (Å²) >= 11 is 0. The number of nitrogens with zero attached hydrogens (tertiary/aromatic N) is 1. The van der Waals surface area contributed by atoms with Crippen molar-refractivity contribution in [2.24, 2.45) is 0 Å². The molecule has 19 heavy (non-hydrogen) atoms. The van der Waals surface area contributed by atoms with Gasteiger partial charge in [-0.15, -0.1) is 0 Å². The minimum absolute atomic E-state index is 0.430. The SMILES string of the molecule is Cc1ccnc(N)c1C1(O)CCCc2ccccc21. The second-order valence-corrected chi connectivity index (χ2v) is 5.26. The van der Waals surface area contributed by atoms with E-state index in [1.165, 1.54) is 5.56 Å². The molecule has 0 amide bonds. The third kappa shape index (κ3) is 1.81. The van der Waals surface area contributed by atoms with Crippen LogP contribution in [0.2, 0.25) is 0 Å². The van der Waals surface area contributed by atoms with E-state index in [4.69, 9.17) is 5.73 Å². The van der Waals surface area contributed by atoms with Crippen molar-refractivity contribution in [1.82, 2.24) is 4.98 Å². The predicted octanol–water partition coefficient (Wildman–Crippen LogP) is 2.54. The highest BCUT2D eigenvalue weighted by atomic mass is 16.3. The molecule has 1 aromatic carbocycles. The molecule has 0 fully saturated rings. The number of rotatable bonds is 1. The lowest BCUT2D eigenvalue weighted by atomic mass is 9.74. The van der Waals surface area contributed by atoms with Crippen molar-refractivity contribution in [3.8, 4) is 0 Å². The Hall–Kier alpha value is -1.87. The maximum absolute atomic E-state index is 11.2. The van der Waals surface area contributed by atoms with Crippen LogP contribution in [-0.2, 0) is 12.0 Å². The number of anilines is 1. The van der Waals surface area contributed by atoms with E-state index in [-0.39, 0.29) is 0 Å². The van der Waals surface area contributed by atoms with Crippen LogP contribution in [-0.4, -0.2) is 10.1 Å². The molecule has 3 rings (SSSR count). The molecular formula is C16H18N2O. The Labute approximate surface area is 113 Å². The van der Waals surface area contributed by atoms with E-state index in [0.717, 1.165) is 29.5 Å². The Morgan fingerprint density at radius 3 is 2.84 bits per heavy atom. The fraction of sp³-hybridized carbons (Fsp3) is 0.312. The smallest absolute Gasteiger partial charge is 0.130 e. The van der Waals surface area contributed by atoms with Crippen LogP contribution in [0.1, 0.15) is 35.1 Å². The van der Waals surface area contributed by atoms with Crippen LogP contribution in [0.4, 0.5) is 5.82 Å². The summed E-state index contributed by atoms with van der Waals surface area (Å²) in [6.45, 7) is 1.97. The maximum Gasteiger partial charge on any atom is 0.130 e. The van der Waals surface area contributed by atoms with E-state index in [0.29, 0.717) is 12.2 Å². The summed E-state index contributed by atoms with van der Waals surface area (Å²) in [5, 5.41) is 11.2. The van der Waals surface area contributed by atoms with Crippen LogP contribution >= 0.6 is 0 Å². The van der Waals surface area contributed by atoms with Crippen LogP contribution < -0.4 is 5.73 Å². The molecule has 1 heterocycles. The number of aryl methyl sites for hydroxylation is 2. The van der Waals surface area contributed by atoms with Crippen LogP contribution in [0, 0.1) is 6.92 Å². The van der Waals surface area contributed by atoms with Crippen molar-refractivity contribution in [2.75, 3.05) is 5.73 Å². The first kappa shape index (κ1) is 12.2. The molecule has 1 atom stereocenters. The van der Waals surface area contributed by atoms with E-state index in [2.05, 4.69) is 11.1 Å². The number of hydrogen-bond acceptors (Lipinski definition) is 3. The molecule has 3 nitrogen and oxygen atoms in total. The van der Waals surface area contributed by atoms with E-state index in [9.17, 15) is 5.11 Å². The molecule has 3 N–H and O–H groups in total. The first-order valence-corrected chi connectivity index (χ1v) is 6.65. The largest absolute Gasteiger partial charge is 0.383 e. The number of nitrogens with two attached hydrogens (primary N) is 1. The van der Waals surface area contributed by atoms with Crippen molar-refractivity contribution in [3.63, 3.8) is 0 Å². The average Bonchev–Trinajstić information content (AvgIpc) is 2.39. The van der Waals surface area contributed by atoms with Crippen molar-refractivity contribution in [2.45, 2.75) is 31.8 Å². The normalized spacial score (nSPS) is 22.0. The van der Waals surface area contributed by atoms with E-state index >= 15 is 0 Å². The molecule has 0 spiro atoms. The van der Waals surface area contributed by atoms with Gasteiger partial charge in [0.15, 0.2) is 0 Å². The number of aromatic nitrogens is 1. The van der Waals surface area contributed by atoms with Gasteiger partial charge in [0.1, 0.15) is 11.4 Å². The van der Waals surface area contributed by atoms with Crippen molar-refractivity contribution < 1.29 is 5.11 Å². The van der Waals surface area contributed by atoms with Crippen molar-refractivity contribution >= 4 is 5.82 Å². The molecule has 0 bridgehead atoms. The Morgan fingerprint density at radius 2 is 2.05 bits per heavy atom.